The molecule has 0 aromatic heterocycles. The van der Waals surface area contributed by atoms with Gasteiger partial charge in [-0.15, -0.1) is 0 Å². The van der Waals surface area contributed by atoms with Gasteiger partial charge in [0.05, 0.1) is 29.3 Å². The summed E-state index contributed by atoms with van der Waals surface area (Å²) in [7, 11) is -3.10. The van der Waals surface area contributed by atoms with E-state index in [0.717, 1.165) is 5.69 Å². The highest BCUT2D eigenvalue weighted by molar-refractivity contribution is 8.14. The zero-order valence-corrected chi connectivity index (χ0v) is 17.2. The number of nitrogens with one attached hydrogen (secondary N) is 1. The number of benzene rings is 2. The number of fused-ring (bicyclic) bond motifs is 1. The number of hydrogen-bond donors (Lipinski definition) is 1. The van der Waals surface area contributed by atoms with Crippen LogP contribution in [0.3, 0.4) is 0 Å². The number of amides is 1. The number of aliphatic imine (C=N–C) groups is 1. The molecule has 1 saturated heterocycles. The Labute approximate surface area is 172 Å². The molecule has 6 nitrogen and oxygen atoms in total. The van der Waals surface area contributed by atoms with Crippen molar-refractivity contribution in [3.63, 3.8) is 0 Å². The molecule has 2 aliphatic rings. The van der Waals surface area contributed by atoms with Crippen molar-refractivity contribution < 1.29 is 13.2 Å². The molecular formula is C19H18ClN3O3S2. The second-order valence-corrected chi connectivity index (χ2v) is 10.2. The molecule has 4 rings (SSSR count). The maximum Gasteiger partial charge on any atom is 0.234 e. The second kappa shape index (κ2) is 7.77. The normalized spacial score (nSPS) is 22.6. The number of anilines is 2. The van der Waals surface area contributed by atoms with Gasteiger partial charge in [-0.25, -0.2) is 8.42 Å². The lowest BCUT2D eigenvalue weighted by Crippen LogP contribution is -2.39. The molecular weight excluding hydrogens is 418 g/mol. The lowest BCUT2D eigenvalue weighted by atomic mass is 10.1. The number of carbonyl (C=O) groups excluding carboxylic acids is 1. The molecule has 2 atom stereocenters. The number of hydrogen-bond acceptors (Lipinski definition) is 6. The van der Waals surface area contributed by atoms with E-state index in [0.29, 0.717) is 15.9 Å². The molecule has 2 aromatic carbocycles. The average molecular weight is 436 g/mol. The summed E-state index contributed by atoms with van der Waals surface area (Å²) in [6, 6.07) is 16.0. The molecule has 0 saturated carbocycles. The Kier molecular flexibility index (Phi) is 5.35. The third-order valence-corrected chi connectivity index (χ3v) is 7.48. The van der Waals surface area contributed by atoms with Gasteiger partial charge in [-0.1, -0.05) is 47.6 Å². The minimum atomic E-state index is -3.10. The van der Waals surface area contributed by atoms with Crippen molar-refractivity contribution in [1.82, 2.24) is 0 Å². The number of carbonyl (C=O) groups is 1. The fraction of sp³-hybridized carbons (Fsp3) is 0.263. The Bertz CT molecular complexity index is 1030. The molecule has 0 spiro atoms. The highest BCUT2D eigenvalue weighted by atomic mass is 35.5. The summed E-state index contributed by atoms with van der Waals surface area (Å²) in [6.45, 7) is 0. The van der Waals surface area contributed by atoms with Gasteiger partial charge in [0.15, 0.2) is 15.0 Å². The summed E-state index contributed by atoms with van der Waals surface area (Å²) in [4.78, 5) is 18.9. The highest BCUT2D eigenvalue weighted by Gasteiger charge is 2.47. The highest BCUT2D eigenvalue weighted by Crippen LogP contribution is 2.35. The molecule has 1 N–H and O–H groups in total. The summed E-state index contributed by atoms with van der Waals surface area (Å²) in [5, 5.41) is 4.04. The lowest BCUT2D eigenvalue weighted by Gasteiger charge is -2.26. The third-order valence-electron chi connectivity index (χ3n) is 4.58. The molecule has 0 bridgehead atoms. The predicted molar refractivity (Wildman–Crippen MR) is 115 cm³/mol. The second-order valence-electron chi connectivity index (χ2n) is 6.68. The van der Waals surface area contributed by atoms with Gasteiger partial charge >= 0.3 is 0 Å². The van der Waals surface area contributed by atoms with Crippen LogP contribution in [0.5, 0.6) is 0 Å². The molecule has 28 heavy (non-hydrogen) atoms. The van der Waals surface area contributed by atoms with Crippen molar-refractivity contribution in [3.8, 4) is 0 Å². The number of nitrogens with zero attached hydrogens (tertiary/aromatic N) is 2. The fourth-order valence-electron chi connectivity index (χ4n) is 3.42. The van der Waals surface area contributed by atoms with Gasteiger partial charge in [0.1, 0.15) is 0 Å². The van der Waals surface area contributed by atoms with Crippen LogP contribution < -0.4 is 10.2 Å². The van der Waals surface area contributed by atoms with E-state index in [9.17, 15) is 13.2 Å². The molecule has 1 fully saturated rings. The molecule has 2 heterocycles. The lowest BCUT2D eigenvalue weighted by molar-refractivity contribution is -0.113. The maximum atomic E-state index is 12.3. The standard InChI is InChI=1S/C19H18ClN3O3S2/c20-13-5-4-6-14(9-13)21-18(24)10-27-19-22-16-11-28(25,26)12-17(16)23(19)15-7-2-1-3-8-15/h1-9,16-17H,10-12H2,(H,21,24)/t16-,17+/m1/s1. The number of sulfone groups is 1. The molecule has 1 amide bonds. The van der Waals surface area contributed by atoms with Crippen LogP contribution in [-0.2, 0) is 14.6 Å². The van der Waals surface area contributed by atoms with Crippen molar-refractivity contribution in [3.05, 3.63) is 59.6 Å². The molecule has 2 aromatic rings. The van der Waals surface area contributed by atoms with E-state index in [4.69, 9.17) is 11.6 Å². The van der Waals surface area contributed by atoms with E-state index >= 15 is 0 Å². The molecule has 0 unspecified atom stereocenters. The molecule has 9 heteroatoms. The van der Waals surface area contributed by atoms with Crippen LogP contribution in [0, 0.1) is 0 Å². The van der Waals surface area contributed by atoms with E-state index in [1.165, 1.54) is 11.8 Å². The SMILES string of the molecule is O=C(CSC1=N[C@@H]2CS(=O)(=O)C[C@@H]2N1c1ccccc1)Nc1cccc(Cl)c1. The maximum absolute atomic E-state index is 12.3. The largest absolute Gasteiger partial charge is 0.325 e. The predicted octanol–water partition coefficient (Wildman–Crippen LogP) is 3.05. The molecule has 146 valence electrons. The summed E-state index contributed by atoms with van der Waals surface area (Å²) in [6.07, 6.45) is 0. The summed E-state index contributed by atoms with van der Waals surface area (Å²) >= 11 is 7.25. The summed E-state index contributed by atoms with van der Waals surface area (Å²) in [5.74, 6) is 0.128. The molecule has 0 aliphatic carbocycles. The number of para-hydroxylation sites is 1. The Hall–Kier alpha value is -2.03. The first-order valence-electron chi connectivity index (χ1n) is 8.72. The van der Waals surface area contributed by atoms with E-state index in [1.54, 1.807) is 24.3 Å². The van der Waals surface area contributed by atoms with Gasteiger partial charge < -0.3 is 10.2 Å². The van der Waals surface area contributed by atoms with Crippen LogP contribution in [0.1, 0.15) is 0 Å². The first-order valence-corrected chi connectivity index (χ1v) is 11.9. The van der Waals surface area contributed by atoms with Crippen LogP contribution in [0.4, 0.5) is 11.4 Å². The van der Waals surface area contributed by atoms with Gasteiger partial charge in [0, 0.05) is 16.4 Å². The number of rotatable bonds is 4. The van der Waals surface area contributed by atoms with E-state index in [1.807, 2.05) is 35.2 Å². The minimum absolute atomic E-state index is 0.0553. The van der Waals surface area contributed by atoms with Crippen molar-refractivity contribution in [2.24, 2.45) is 4.99 Å². The fourth-order valence-corrected chi connectivity index (χ4v) is 6.37. The first-order chi connectivity index (χ1) is 13.4. The van der Waals surface area contributed by atoms with E-state index in [2.05, 4.69) is 10.3 Å². The van der Waals surface area contributed by atoms with E-state index < -0.39 is 9.84 Å². The monoisotopic (exact) mass is 435 g/mol. The van der Waals surface area contributed by atoms with Crippen molar-refractivity contribution in [1.29, 1.82) is 0 Å². The van der Waals surface area contributed by atoms with Crippen molar-refractivity contribution in [2.75, 3.05) is 27.5 Å². The Morgan fingerprint density at radius 3 is 2.71 bits per heavy atom. The summed E-state index contributed by atoms with van der Waals surface area (Å²) < 4.78 is 24.1. The molecule has 0 radical (unpaired) electrons. The Morgan fingerprint density at radius 2 is 1.96 bits per heavy atom. The number of amidine groups is 1. The topological polar surface area (TPSA) is 78.8 Å². The minimum Gasteiger partial charge on any atom is -0.325 e. The van der Waals surface area contributed by atoms with Gasteiger partial charge in [-0.2, -0.15) is 0 Å². The third kappa shape index (κ3) is 4.19. The number of thioether (sulfide) groups is 1. The van der Waals surface area contributed by atoms with Gasteiger partial charge in [0.2, 0.25) is 5.91 Å². The van der Waals surface area contributed by atoms with Gasteiger partial charge in [-0.3, -0.25) is 9.79 Å². The zero-order valence-electron chi connectivity index (χ0n) is 14.8. The Morgan fingerprint density at radius 1 is 1.18 bits per heavy atom. The van der Waals surface area contributed by atoms with Crippen LogP contribution in [0.15, 0.2) is 59.6 Å². The van der Waals surface area contributed by atoms with Crippen molar-refractivity contribution in [2.45, 2.75) is 12.1 Å². The van der Waals surface area contributed by atoms with Crippen LogP contribution >= 0.6 is 23.4 Å². The average Bonchev–Trinajstić information content (AvgIpc) is 3.11. The molecule has 2 aliphatic heterocycles. The zero-order chi connectivity index (χ0) is 19.7. The summed E-state index contributed by atoms with van der Waals surface area (Å²) in [5.41, 5.74) is 1.52. The van der Waals surface area contributed by atoms with Crippen LogP contribution in [-0.4, -0.2) is 48.8 Å². The van der Waals surface area contributed by atoms with Crippen LogP contribution in [0.2, 0.25) is 5.02 Å². The van der Waals surface area contributed by atoms with E-state index in [-0.39, 0.29) is 35.2 Å². The van der Waals surface area contributed by atoms with Crippen molar-refractivity contribution >= 4 is 55.6 Å². The quantitative estimate of drug-likeness (QED) is 0.798. The Balaban J connectivity index is 1.48. The number of halogens is 1. The van der Waals surface area contributed by atoms with Gasteiger partial charge in [0.25, 0.3) is 0 Å². The smallest absolute Gasteiger partial charge is 0.234 e. The van der Waals surface area contributed by atoms with Gasteiger partial charge in [-0.05, 0) is 30.3 Å². The van der Waals surface area contributed by atoms with Crippen LogP contribution in [0.25, 0.3) is 0 Å². The first kappa shape index (κ1) is 19.3.